The number of nitrogens with zero attached hydrogens (tertiary/aromatic N) is 4. The largest absolute Gasteiger partial charge is 0.493 e. The maximum atomic E-state index is 12.7. The van der Waals surface area contributed by atoms with E-state index in [0.717, 1.165) is 4.90 Å². The topological polar surface area (TPSA) is 223 Å². The summed E-state index contributed by atoms with van der Waals surface area (Å²) in [5.74, 6) is 0.808. The van der Waals surface area contributed by atoms with Crippen LogP contribution in [-0.4, -0.2) is 82.2 Å². The maximum absolute atomic E-state index is 12.7. The number of amides is 2. The number of ether oxygens (including phenoxy) is 7. The Balaban J connectivity index is 0.000000208. The lowest BCUT2D eigenvalue weighted by molar-refractivity contribution is -0.0524. The first-order valence-corrected chi connectivity index (χ1v) is 26.2. The summed E-state index contributed by atoms with van der Waals surface area (Å²) >= 11 is 0. The number of aryl methyl sites for hydroxylation is 1. The molecule has 1 aliphatic heterocycles. The molecule has 85 heavy (non-hydrogen) atoms. The molecule has 0 spiro atoms. The molecule has 1 aliphatic rings. The highest BCUT2D eigenvalue weighted by Crippen LogP contribution is 2.38. The number of benzene rings is 5. The van der Waals surface area contributed by atoms with E-state index >= 15 is 0 Å². The van der Waals surface area contributed by atoms with Gasteiger partial charge in [-0.2, -0.15) is 26.3 Å². The molecule has 18 nitrogen and oxygen atoms in total. The number of hydrogen-bond acceptors (Lipinski definition) is 17. The third-order valence-electron chi connectivity index (χ3n) is 11.5. The van der Waals surface area contributed by atoms with Crippen molar-refractivity contribution >= 4 is 30.0 Å². The van der Waals surface area contributed by atoms with E-state index < -0.39 is 31.6 Å². The van der Waals surface area contributed by atoms with Gasteiger partial charge in [0.15, 0.2) is 40.3 Å². The van der Waals surface area contributed by atoms with Crippen molar-refractivity contribution < 1.29 is 87.1 Å². The number of nitrogens with two attached hydrogens (primary N) is 1. The first kappa shape index (κ1) is 65.1. The summed E-state index contributed by atoms with van der Waals surface area (Å²) in [6.45, 7) is 4.30. The number of carbonyl (C=O) groups is 3. The Morgan fingerprint density at radius 1 is 0.518 bits per heavy atom. The van der Waals surface area contributed by atoms with E-state index in [2.05, 4.69) is 29.2 Å². The fourth-order valence-electron chi connectivity index (χ4n) is 8.04. The van der Waals surface area contributed by atoms with E-state index in [9.17, 15) is 40.7 Å². The number of alkyl halides is 6. The zero-order chi connectivity index (χ0) is 60.6. The number of halogens is 7. The molecule has 0 saturated carbocycles. The molecule has 9 rings (SSSR count). The van der Waals surface area contributed by atoms with Crippen molar-refractivity contribution in [3.05, 3.63) is 156 Å². The van der Waals surface area contributed by atoms with Crippen molar-refractivity contribution in [2.24, 2.45) is 5.73 Å². The van der Waals surface area contributed by atoms with Gasteiger partial charge in [-0.05, 0) is 127 Å². The molecule has 0 unspecified atom stereocenters. The van der Waals surface area contributed by atoms with Crippen LogP contribution in [0, 0.1) is 0 Å². The summed E-state index contributed by atoms with van der Waals surface area (Å²) in [7, 11) is 0. The molecule has 452 valence electrons. The lowest BCUT2D eigenvalue weighted by Crippen LogP contribution is -2.29. The highest BCUT2D eigenvalue weighted by atomic mass is 35.5. The molecular weight excluding hydrogens is 1150 g/mol. The Morgan fingerprint density at radius 3 is 1.31 bits per heavy atom. The van der Waals surface area contributed by atoms with Gasteiger partial charge >= 0.3 is 19.8 Å². The second-order valence-electron chi connectivity index (χ2n) is 18.9. The Labute approximate surface area is 490 Å². The molecule has 8 aromatic rings. The monoisotopic (exact) mass is 1210 g/mol. The Hall–Kier alpha value is -9.03. The summed E-state index contributed by atoms with van der Waals surface area (Å²) in [6.07, 6.45) is 4.17. The Morgan fingerprint density at radius 2 is 0.906 bits per heavy atom. The van der Waals surface area contributed by atoms with Gasteiger partial charge in [-0.15, -0.1) is 12.4 Å². The number of aromatic nitrogens is 3. The quantitative estimate of drug-likeness (QED) is 0.0337. The molecule has 4 heterocycles. The highest BCUT2D eigenvalue weighted by molar-refractivity contribution is 6.21. The third kappa shape index (κ3) is 18.0. The average Bonchev–Trinajstić information content (AvgIpc) is 4.46. The van der Waals surface area contributed by atoms with Crippen molar-refractivity contribution in [3.63, 3.8) is 0 Å². The number of ketones is 1. The van der Waals surface area contributed by atoms with Crippen molar-refractivity contribution in [1.82, 2.24) is 19.9 Å². The standard InChI is InChI=1S/C24H25F2NO5.C22H18F2N2O5.C14H16F2N2O3.ClH/c1-4-29-20-8-6-5-7-18(20)19(28)11-10-17-14-30-23(27-17)16-9-12-21(32-24(25)26)22(13-16)31-15(2)3;1-12(2)30-18-9-13(7-8-17(18)31-22(23)24)19-25-14(11-29-19)10-26-20(27)15-5-3-4-6-16(15)21(26)28;1-8(2)20-12-5-9(3-4-11(12)21-14(15)16)13-18-10(6-17)7-19-13;/h5-9,12-15,24H,4,10-11H2,1-3H3;3-9,11-12,22H,10H2,1-2H3;3-5,7-8,14H,6,17H2,1-2H3;1H. The van der Waals surface area contributed by atoms with Crippen LogP contribution in [0.4, 0.5) is 26.3 Å². The minimum atomic E-state index is -2.99. The minimum absolute atomic E-state index is 0. The molecule has 5 aromatic carbocycles. The number of oxazole rings is 3. The molecule has 0 radical (unpaired) electrons. The molecule has 0 aliphatic carbocycles. The molecular formula is C60H60ClF6N5O13. The molecule has 2 amide bonds. The zero-order valence-electron chi connectivity index (χ0n) is 46.9. The minimum Gasteiger partial charge on any atom is -0.493 e. The SMILES string of the molecule is CC(C)Oc1cc(-c2nc(CN)co2)ccc1OC(F)F.CC(C)Oc1cc(-c2nc(CN3C(=O)c4ccccc4C3=O)co2)ccc1OC(F)F.CCOc1ccccc1C(=O)CCc1coc(-c2ccc(OC(F)F)c(OC(C)C)c2)n1.Cl. The first-order chi connectivity index (χ1) is 40.2. The molecule has 25 heteroatoms. The van der Waals surface area contributed by atoms with Gasteiger partial charge in [0, 0.05) is 36.1 Å². The highest BCUT2D eigenvalue weighted by Gasteiger charge is 2.36. The van der Waals surface area contributed by atoms with Crippen LogP contribution >= 0.6 is 12.4 Å². The summed E-state index contributed by atoms with van der Waals surface area (Å²) in [4.78, 5) is 51.7. The van der Waals surface area contributed by atoms with Crippen molar-refractivity contribution in [3.8, 4) is 74.6 Å². The predicted molar refractivity (Wildman–Crippen MR) is 299 cm³/mol. The van der Waals surface area contributed by atoms with E-state index in [0.29, 0.717) is 81.0 Å². The van der Waals surface area contributed by atoms with Gasteiger partial charge in [0.25, 0.3) is 11.8 Å². The first-order valence-electron chi connectivity index (χ1n) is 26.2. The van der Waals surface area contributed by atoms with Crippen LogP contribution in [0.5, 0.6) is 40.2 Å². The number of carbonyl (C=O) groups excluding carboxylic acids is 3. The number of rotatable bonds is 24. The van der Waals surface area contributed by atoms with Crippen LogP contribution in [0.3, 0.4) is 0 Å². The van der Waals surface area contributed by atoms with Gasteiger partial charge in [0.05, 0.1) is 65.2 Å². The number of para-hydroxylation sites is 1. The predicted octanol–water partition coefficient (Wildman–Crippen LogP) is 14.1. The van der Waals surface area contributed by atoms with Crippen LogP contribution in [0.25, 0.3) is 34.4 Å². The van der Waals surface area contributed by atoms with E-state index in [1.54, 1.807) is 102 Å². The number of fused-ring (bicyclic) bond motifs is 1. The lowest BCUT2D eigenvalue weighted by atomic mass is 10.0. The number of Topliss-reactive ketones (excluding diaryl/α,β-unsaturated/α-hetero) is 1. The summed E-state index contributed by atoms with van der Waals surface area (Å²) in [5, 5.41) is 0. The van der Waals surface area contributed by atoms with E-state index in [1.165, 1.54) is 55.2 Å². The van der Waals surface area contributed by atoms with E-state index in [1.807, 2.05) is 13.0 Å². The van der Waals surface area contributed by atoms with Crippen molar-refractivity contribution in [2.75, 3.05) is 6.61 Å². The van der Waals surface area contributed by atoms with E-state index in [-0.39, 0.29) is 96.4 Å². The number of imide groups is 1. The second-order valence-corrected chi connectivity index (χ2v) is 18.9. The van der Waals surface area contributed by atoms with Gasteiger partial charge < -0.3 is 52.1 Å². The third-order valence-corrected chi connectivity index (χ3v) is 11.5. The zero-order valence-corrected chi connectivity index (χ0v) is 47.7. The Kier molecular flexibility index (Phi) is 23.4. The molecule has 0 bridgehead atoms. The van der Waals surface area contributed by atoms with Gasteiger partial charge in [-0.25, -0.2) is 15.0 Å². The van der Waals surface area contributed by atoms with Crippen LogP contribution < -0.4 is 38.9 Å². The van der Waals surface area contributed by atoms with Crippen molar-refractivity contribution in [2.45, 2.75) is 113 Å². The lowest BCUT2D eigenvalue weighted by Gasteiger charge is -2.15. The molecule has 0 fully saturated rings. The van der Waals surface area contributed by atoms with Crippen LogP contribution in [0.15, 0.2) is 135 Å². The van der Waals surface area contributed by atoms with Crippen LogP contribution in [0.1, 0.15) is 103 Å². The summed E-state index contributed by atoms with van der Waals surface area (Å²) in [6, 6.07) is 27.0. The average molecular weight is 1210 g/mol. The number of hydrogen-bond donors (Lipinski definition) is 1. The molecule has 2 N–H and O–H groups in total. The van der Waals surface area contributed by atoms with Crippen LogP contribution in [-0.2, 0) is 19.5 Å². The Bertz CT molecular complexity index is 3470. The summed E-state index contributed by atoms with van der Waals surface area (Å²) in [5.41, 5.74) is 9.85. The van der Waals surface area contributed by atoms with Gasteiger partial charge in [-0.3, -0.25) is 19.3 Å². The molecule has 3 aromatic heterocycles. The van der Waals surface area contributed by atoms with Crippen molar-refractivity contribution in [1.29, 1.82) is 0 Å². The second kappa shape index (κ2) is 30.5. The molecule has 0 atom stereocenters. The normalized spacial score (nSPS) is 11.8. The van der Waals surface area contributed by atoms with Gasteiger partial charge in [-0.1, -0.05) is 24.3 Å². The fraction of sp³-hybridized carbons (Fsp3) is 0.300. The van der Waals surface area contributed by atoms with E-state index in [4.69, 9.17) is 37.9 Å². The smallest absolute Gasteiger partial charge is 0.387 e. The van der Waals surface area contributed by atoms with Crippen LogP contribution in [0.2, 0.25) is 0 Å². The fourth-order valence-corrected chi connectivity index (χ4v) is 8.04. The molecule has 0 saturated heterocycles. The summed E-state index contributed by atoms with van der Waals surface area (Å²) < 4.78 is 127. The maximum Gasteiger partial charge on any atom is 0.387 e. The van der Waals surface area contributed by atoms with Gasteiger partial charge in [0.1, 0.15) is 24.5 Å². The van der Waals surface area contributed by atoms with Gasteiger partial charge in [0.2, 0.25) is 17.7 Å².